The lowest BCUT2D eigenvalue weighted by atomic mass is 10.1. The molecule has 0 spiro atoms. The Morgan fingerprint density at radius 1 is 1.21 bits per heavy atom. The van der Waals surface area contributed by atoms with Gasteiger partial charge in [-0.05, 0) is 37.0 Å². The van der Waals surface area contributed by atoms with Gasteiger partial charge in [-0.3, -0.25) is 0 Å². The molecule has 106 valence electrons. The monoisotopic (exact) mass is 345 g/mol. The molecule has 1 aliphatic heterocycles. The Labute approximate surface area is 124 Å². The molecule has 0 unspecified atom stereocenters. The lowest BCUT2D eigenvalue weighted by Crippen LogP contribution is -2.38. The van der Waals surface area contributed by atoms with Gasteiger partial charge in [-0.2, -0.15) is 4.31 Å². The van der Waals surface area contributed by atoms with Gasteiger partial charge < -0.3 is 0 Å². The number of halogens is 1. The molecule has 3 nitrogen and oxygen atoms in total. The second kappa shape index (κ2) is 6.37. The number of hydrogen-bond acceptors (Lipinski definition) is 2. The van der Waals surface area contributed by atoms with Crippen LogP contribution in [0.3, 0.4) is 0 Å². The van der Waals surface area contributed by atoms with Crippen molar-refractivity contribution in [1.82, 2.24) is 4.31 Å². The molecule has 1 aliphatic rings. The summed E-state index contributed by atoms with van der Waals surface area (Å²) >= 11 is 3.54. The first kappa shape index (κ1) is 15.0. The fourth-order valence-electron chi connectivity index (χ4n) is 2.33. The van der Waals surface area contributed by atoms with Crippen molar-refractivity contribution in [2.75, 3.05) is 13.1 Å². The first-order valence-electron chi connectivity index (χ1n) is 6.77. The van der Waals surface area contributed by atoms with Crippen LogP contribution in [0, 0.1) is 0 Å². The summed E-state index contributed by atoms with van der Waals surface area (Å²) in [6.45, 7) is 3.33. The number of nitrogens with zero attached hydrogens (tertiary/aromatic N) is 1. The van der Waals surface area contributed by atoms with Crippen molar-refractivity contribution in [3.63, 3.8) is 0 Å². The van der Waals surface area contributed by atoms with Crippen molar-refractivity contribution in [2.24, 2.45) is 0 Å². The molecule has 19 heavy (non-hydrogen) atoms. The summed E-state index contributed by atoms with van der Waals surface area (Å²) in [7, 11) is -3.30. The molecule has 0 aromatic heterocycles. The zero-order valence-electron chi connectivity index (χ0n) is 11.2. The number of hydrogen-bond donors (Lipinski definition) is 0. The van der Waals surface area contributed by atoms with Crippen LogP contribution in [0.4, 0.5) is 0 Å². The van der Waals surface area contributed by atoms with Gasteiger partial charge in [0.25, 0.3) is 0 Å². The second-order valence-corrected chi connectivity index (χ2v) is 8.21. The second-order valence-electron chi connectivity index (χ2n) is 4.97. The Balaban J connectivity index is 2.15. The van der Waals surface area contributed by atoms with Crippen LogP contribution in [-0.2, 0) is 16.4 Å². The molecule has 0 aliphatic carbocycles. The third-order valence-electron chi connectivity index (χ3n) is 3.48. The molecule has 0 saturated carbocycles. The van der Waals surface area contributed by atoms with E-state index in [1.54, 1.807) is 16.4 Å². The molecular formula is C14H20BrNO2S. The largest absolute Gasteiger partial charge is 0.243 e. The topological polar surface area (TPSA) is 37.4 Å². The molecule has 1 aromatic carbocycles. The van der Waals surface area contributed by atoms with Crippen molar-refractivity contribution in [3.8, 4) is 0 Å². The van der Waals surface area contributed by atoms with Crippen LogP contribution in [0.1, 0.15) is 31.7 Å². The number of rotatable bonds is 4. The highest BCUT2D eigenvalue weighted by molar-refractivity contribution is 9.09. The highest BCUT2D eigenvalue weighted by Crippen LogP contribution is 2.24. The molecule has 0 amide bonds. The van der Waals surface area contributed by atoms with E-state index in [0.29, 0.717) is 22.8 Å². The predicted molar refractivity (Wildman–Crippen MR) is 81.1 cm³/mol. The standard InChI is InChI=1S/C14H20BrNO2S/c1-2-3-12-4-6-14(7-5-12)19(17,18)16-10-8-13(15)9-11-16/h4-7,13H,2-3,8-11H2,1H3. The zero-order valence-corrected chi connectivity index (χ0v) is 13.6. The average Bonchev–Trinajstić information content (AvgIpc) is 2.40. The van der Waals surface area contributed by atoms with E-state index in [-0.39, 0.29) is 0 Å². The highest BCUT2D eigenvalue weighted by atomic mass is 79.9. The van der Waals surface area contributed by atoms with E-state index < -0.39 is 10.0 Å². The minimum absolute atomic E-state index is 0.417. The van der Waals surface area contributed by atoms with Gasteiger partial charge in [-0.1, -0.05) is 41.4 Å². The molecule has 0 N–H and O–H groups in total. The normalized spacial score (nSPS) is 18.6. The van der Waals surface area contributed by atoms with E-state index in [4.69, 9.17) is 0 Å². The first-order valence-corrected chi connectivity index (χ1v) is 9.12. The zero-order chi connectivity index (χ0) is 13.9. The van der Waals surface area contributed by atoms with Crippen molar-refractivity contribution < 1.29 is 8.42 Å². The minimum atomic E-state index is -3.30. The van der Waals surface area contributed by atoms with Crippen molar-refractivity contribution in [3.05, 3.63) is 29.8 Å². The molecule has 1 saturated heterocycles. The van der Waals surface area contributed by atoms with Gasteiger partial charge in [0.1, 0.15) is 0 Å². The number of alkyl halides is 1. The van der Waals surface area contributed by atoms with Gasteiger partial charge in [-0.25, -0.2) is 8.42 Å². The first-order chi connectivity index (χ1) is 9.04. The number of sulfonamides is 1. The maximum Gasteiger partial charge on any atom is 0.243 e. The van der Waals surface area contributed by atoms with Gasteiger partial charge in [-0.15, -0.1) is 0 Å². The van der Waals surface area contributed by atoms with Gasteiger partial charge in [0.15, 0.2) is 0 Å². The molecule has 0 radical (unpaired) electrons. The van der Waals surface area contributed by atoms with Crippen molar-refractivity contribution >= 4 is 26.0 Å². The summed E-state index contributed by atoms with van der Waals surface area (Å²) in [4.78, 5) is 0.867. The molecule has 0 atom stereocenters. The van der Waals surface area contributed by atoms with Gasteiger partial charge in [0, 0.05) is 17.9 Å². The summed E-state index contributed by atoms with van der Waals surface area (Å²) < 4.78 is 26.5. The maximum atomic E-state index is 12.5. The van der Waals surface area contributed by atoms with Crippen LogP contribution >= 0.6 is 15.9 Å². The summed E-state index contributed by atoms with van der Waals surface area (Å²) in [6, 6.07) is 7.32. The molecule has 1 fully saturated rings. The Morgan fingerprint density at radius 2 is 1.79 bits per heavy atom. The SMILES string of the molecule is CCCc1ccc(S(=O)(=O)N2CCC(Br)CC2)cc1. The third kappa shape index (κ3) is 3.58. The minimum Gasteiger partial charge on any atom is -0.207 e. The summed E-state index contributed by atoms with van der Waals surface area (Å²) in [6.07, 6.45) is 3.83. The molecule has 0 bridgehead atoms. The van der Waals surface area contributed by atoms with E-state index in [0.717, 1.165) is 25.7 Å². The molecule has 5 heteroatoms. The van der Waals surface area contributed by atoms with Gasteiger partial charge >= 0.3 is 0 Å². The number of aryl methyl sites for hydroxylation is 1. The van der Waals surface area contributed by atoms with Crippen LogP contribution < -0.4 is 0 Å². The highest BCUT2D eigenvalue weighted by Gasteiger charge is 2.28. The van der Waals surface area contributed by atoms with E-state index in [9.17, 15) is 8.42 Å². The van der Waals surface area contributed by atoms with E-state index in [1.165, 1.54) is 5.56 Å². The van der Waals surface area contributed by atoms with Gasteiger partial charge in [0.05, 0.1) is 4.90 Å². The molecule has 2 rings (SSSR count). The summed E-state index contributed by atoms with van der Waals surface area (Å²) in [5.41, 5.74) is 1.20. The number of piperidine rings is 1. The van der Waals surface area contributed by atoms with E-state index in [1.807, 2.05) is 12.1 Å². The lowest BCUT2D eigenvalue weighted by Gasteiger charge is -2.28. The maximum absolute atomic E-state index is 12.5. The van der Waals surface area contributed by atoms with E-state index >= 15 is 0 Å². The average molecular weight is 346 g/mol. The third-order valence-corrected chi connectivity index (χ3v) is 6.31. The smallest absolute Gasteiger partial charge is 0.207 e. The van der Waals surface area contributed by atoms with Crippen LogP contribution in [0.2, 0.25) is 0 Å². The molecule has 1 heterocycles. The summed E-state index contributed by atoms with van der Waals surface area (Å²) in [5, 5.41) is 0. The van der Waals surface area contributed by atoms with Crippen LogP contribution in [0.25, 0.3) is 0 Å². The Kier molecular flexibility index (Phi) is 5.03. The fraction of sp³-hybridized carbons (Fsp3) is 0.571. The number of benzene rings is 1. The van der Waals surface area contributed by atoms with Crippen LogP contribution in [0.5, 0.6) is 0 Å². The van der Waals surface area contributed by atoms with Crippen molar-refractivity contribution in [2.45, 2.75) is 42.3 Å². The molecule has 1 aromatic rings. The van der Waals surface area contributed by atoms with Crippen molar-refractivity contribution in [1.29, 1.82) is 0 Å². The quantitative estimate of drug-likeness (QED) is 0.786. The molecular weight excluding hydrogens is 326 g/mol. The lowest BCUT2D eigenvalue weighted by molar-refractivity contribution is 0.354. The fourth-order valence-corrected chi connectivity index (χ4v) is 4.21. The Morgan fingerprint density at radius 3 is 2.32 bits per heavy atom. The summed E-state index contributed by atoms with van der Waals surface area (Å²) in [5.74, 6) is 0. The predicted octanol–water partition coefficient (Wildman–Crippen LogP) is 3.19. The van der Waals surface area contributed by atoms with Gasteiger partial charge in [0.2, 0.25) is 10.0 Å². The van der Waals surface area contributed by atoms with E-state index in [2.05, 4.69) is 22.9 Å². The Hall–Kier alpha value is -0.390. The Bertz CT molecular complexity index is 505. The van der Waals surface area contributed by atoms with Crippen LogP contribution in [-0.4, -0.2) is 30.6 Å². The van der Waals surface area contributed by atoms with Crippen LogP contribution in [0.15, 0.2) is 29.2 Å².